The molecule has 1 aromatic carbocycles. The van der Waals surface area contributed by atoms with Gasteiger partial charge in [0.25, 0.3) is 0 Å². The number of amides is 1. The van der Waals surface area contributed by atoms with Crippen LogP contribution in [0, 0.1) is 11.8 Å². The summed E-state index contributed by atoms with van der Waals surface area (Å²) in [6.45, 7) is 14.5. The number of ether oxygens (including phenoxy) is 3. The number of cyclic esters (lactones) is 1. The molecule has 0 radical (unpaired) electrons. The summed E-state index contributed by atoms with van der Waals surface area (Å²) in [4.78, 5) is 30.3. The fraction of sp³-hybridized carbons (Fsp3) is 0.680. The van der Waals surface area contributed by atoms with Gasteiger partial charge < -0.3 is 24.0 Å². The highest BCUT2D eigenvalue weighted by Gasteiger charge is 2.49. The molecule has 0 aliphatic carbocycles. The first-order valence-electron chi connectivity index (χ1n) is 11.8. The van der Waals surface area contributed by atoms with Gasteiger partial charge in [0.05, 0.1) is 12.5 Å². The quantitative estimate of drug-likeness (QED) is 0.565. The number of hydrogen-bond donors (Lipinski definition) is 0. The summed E-state index contributed by atoms with van der Waals surface area (Å²) in [7, 11) is 0. The van der Waals surface area contributed by atoms with Crippen molar-refractivity contribution in [2.75, 3.05) is 31.1 Å². The van der Waals surface area contributed by atoms with Gasteiger partial charge in [0, 0.05) is 45.2 Å². The minimum Gasteiger partial charge on any atom is -0.494 e. The van der Waals surface area contributed by atoms with Crippen LogP contribution in [0.5, 0.6) is 5.75 Å². The number of esters is 1. The average Bonchev–Trinajstić information content (AvgIpc) is 3.02. The summed E-state index contributed by atoms with van der Waals surface area (Å²) in [5.74, 6) is -0.851. The molecule has 32 heavy (non-hydrogen) atoms. The number of anilines is 1. The van der Waals surface area contributed by atoms with Gasteiger partial charge >= 0.3 is 5.97 Å². The molecule has 2 aliphatic heterocycles. The topological polar surface area (TPSA) is 68.3 Å². The van der Waals surface area contributed by atoms with E-state index in [4.69, 9.17) is 14.2 Å². The van der Waals surface area contributed by atoms with E-state index in [-0.39, 0.29) is 17.9 Å². The molecule has 3 rings (SSSR count). The zero-order valence-corrected chi connectivity index (χ0v) is 20.3. The van der Waals surface area contributed by atoms with E-state index in [2.05, 4.69) is 44.7 Å². The molecule has 1 aromatic rings. The molecule has 2 heterocycles. The summed E-state index contributed by atoms with van der Waals surface area (Å²) in [5, 5.41) is 0. The summed E-state index contributed by atoms with van der Waals surface area (Å²) in [6.07, 6.45) is 0.718. The van der Waals surface area contributed by atoms with E-state index in [1.54, 1.807) is 13.8 Å². The van der Waals surface area contributed by atoms with Gasteiger partial charge in [-0.15, -0.1) is 0 Å². The van der Waals surface area contributed by atoms with Gasteiger partial charge in [-0.3, -0.25) is 4.79 Å². The Bertz CT molecular complexity index is 792. The smallest absolute Gasteiger partial charge is 0.338 e. The molecule has 0 saturated carbocycles. The first-order valence-corrected chi connectivity index (χ1v) is 11.8. The maximum absolute atomic E-state index is 13.6. The van der Waals surface area contributed by atoms with Gasteiger partial charge in [-0.2, -0.15) is 0 Å². The lowest BCUT2D eigenvalue weighted by Gasteiger charge is -2.42. The zero-order valence-electron chi connectivity index (χ0n) is 20.3. The van der Waals surface area contributed by atoms with E-state index in [1.165, 1.54) is 0 Å². The molecule has 178 valence electrons. The Balaban J connectivity index is 1.67. The van der Waals surface area contributed by atoms with Crippen LogP contribution in [0.1, 0.15) is 54.4 Å². The van der Waals surface area contributed by atoms with Gasteiger partial charge in [-0.05, 0) is 49.9 Å². The number of hydrogen-bond acceptors (Lipinski definition) is 6. The standard InChI is InChI=1S/C25H38N2O5/c1-7-14-30-20-10-8-19(9-11-20)26-12-13-27(18(4)16-26)23(28)21(15-17(2)3)22-24(29)32-25(5,6)31-22/h8-11,17-18,21-22H,7,12-16H2,1-6H3/t18-,21+,22+/m1/s1. The Hall–Kier alpha value is -2.28. The molecule has 2 fully saturated rings. The molecular weight excluding hydrogens is 408 g/mol. The van der Waals surface area contributed by atoms with Crippen LogP contribution in [-0.2, 0) is 19.1 Å². The number of piperazine rings is 1. The fourth-order valence-corrected chi connectivity index (χ4v) is 4.49. The molecular formula is C25H38N2O5. The van der Waals surface area contributed by atoms with Crippen molar-refractivity contribution in [1.82, 2.24) is 4.90 Å². The van der Waals surface area contributed by atoms with Gasteiger partial charge in [0.1, 0.15) is 5.75 Å². The van der Waals surface area contributed by atoms with E-state index >= 15 is 0 Å². The van der Waals surface area contributed by atoms with Crippen molar-refractivity contribution in [2.24, 2.45) is 11.8 Å². The van der Waals surface area contributed by atoms with Crippen LogP contribution in [-0.4, -0.2) is 61.0 Å². The monoisotopic (exact) mass is 446 g/mol. The summed E-state index contributed by atoms with van der Waals surface area (Å²) in [5.41, 5.74) is 1.12. The van der Waals surface area contributed by atoms with Crippen LogP contribution in [0.4, 0.5) is 5.69 Å². The number of carbonyl (C=O) groups excluding carboxylic acids is 2. The lowest BCUT2D eigenvalue weighted by Crippen LogP contribution is -2.57. The van der Waals surface area contributed by atoms with Crippen molar-refractivity contribution < 1.29 is 23.8 Å². The van der Waals surface area contributed by atoms with Crippen molar-refractivity contribution in [3.8, 4) is 5.75 Å². The Morgan fingerprint density at radius 1 is 1.22 bits per heavy atom. The number of benzene rings is 1. The second kappa shape index (κ2) is 10.1. The Labute approximate surface area is 192 Å². The summed E-state index contributed by atoms with van der Waals surface area (Å²) >= 11 is 0. The predicted octanol–water partition coefficient (Wildman–Crippen LogP) is 3.85. The van der Waals surface area contributed by atoms with Gasteiger partial charge in [-0.25, -0.2) is 4.79 Å². The summed E-state index contributed by atoms with van der Waals surface area (Å²) in [6, 6.07) is 8.16. The fourth-order valence-electron chi connectivity index (χ4n) is 4.49. The van der Waals surface area contributed by atoms with Crippen molar-refractivity contribution in [2.45, 2.75) is 72.3 Å². The number of nitrogens with zero attached hydrogens (tertiary/aromatic N) is 2. The summed E-state index contributed by atoms with van der Waals surface area (Å²) < 4.78 is 16.9. The third-order valence-electron chi connectivity index (χ3n) is 5.98. The lowest BCUT2D eigenvalue weighted by molar-refractivity contribution is -0.163. The molecule has 2 aliphatic rings. The highest BCUT2D eigenvalue weighted by Crippen LogP contribution is 2.33. The molecule has 7 nitrogen and oxygen atoms in total. The van der Waals surface area contributed by atoms with Crippen molar-refractivity contribution in [1.29, 1.82) is 0 Å². The third-order valence-corrected chi connectivity index (χ3v) is 5.98. The van der Waals surface area contributed by atoms with E-state index in [0.29, 0.717) is 19.6 Å². The molecule has 3 atom stereocenters. The van der Waals surface area contributed by atoms with E-state index in [9.17, 15) is 9.59 Å². The van der Waals surface area contributed by atoms with Crippen LogP contribution in [0.25, 0.3) is 0 Å². The molecule has 0 aromatic heterocycles. The Morgan fingerprint density at radius 2 is 1.91 bits per heavy atom. The normalized spacial score (nSPS) is 23.9. The zero-order chi connectivity index (χ0) is 23.5. The first kappa shape index (κ1) is 24.4. The molecule has 0 unspecified atom stereocenters. The van der Waals surface area contributed by atoms with Gasteiger partial charge in [-0.1, -0.05) is 20.8 Å². The number of rotatable bonds is 8. The van der Waals surface area contributed by atoms with Gasteiger partial charge in [0.15, 0.2) is 6.10 Å². The molecule has 1 amide bonds. The lowest BCUT2D eigenvalue weighted by atomic mass is 9.90. The van der Waals surface area contributed by atoms with E-state index in [0.717, 1.165) is 30.9 Å². The van der Waals surface area contributed by atoms with Crippen LogP contribution in [0.15, 0.2) is 24.3 Å². The van der Waals surface area contributed by atoms with Crippen molar-refractivity contribution in [3.05, 3.63) is 24.3 Å². The maximum atomic E-state index is 13.6. The van der Waals surface area contributed by atoms with Gasteiger partial charge in [0.2, 0.25) is 11.7 Å². The van der Waals surface area contributed by atoms with Crippen LogP contribution >= 0.6 is 0 Å². The highest BCUT2D eigenvalue weighted by atomic mass is 16.8. The maximum Gasteiger partial charge on any atom is 0.338 e. The Morgan fingerprint density at radius 3 is 2.44 bits per heavy atom. The average molecular weight is 447 g/mol. The second-order valence-electron chi connectivity index (χ2n) is 9.76. The molecule has 7 heteroatoms. The molecule has 0 spiro atoms. The number of carbonyl (C=O) groups is 2. The second-order valence-corrected chi connectivity index (χ2v) is 9.76. The van der Waals surface area contributed by atoms with Crippen LogP contribution in [0.3, 0.4) is 0 Å². The molecule has 0 bridgehead atoms. The first-order chi connectivity index (χ1) is 15.1. The minimum absolute atomic E-state index is 0.0196. The van der Waals surface area contributed by atoms with Crippen molar-refractivity contribution in [3.63, 3.8) is 0 Å². The third kappa shape index (κ3) is 5.74. The SMILES string of the molecule is CCCOc1ccc(N2CCN(C(=O)[C@@H](CC(C)C)[C@@H]3OC(C)(C)OC3=O)[C@H](C)C2)cc1. The van der Waals surface area contributed by atoms with E-state index in [1.807, 2.05) is 17.0 Å². The minimum atomic E-state index is -0.991. The predicted molar refractivity (Wildman–Crippen MR) is 124 cm³/mol. The molecule has 0 N–H and O–H groups in total. The van der Waals surface area contributed by atoms with Crippen LogP contribution in [0.2, 0.25) is 0 Å². The largest absolute Gasteiger partial charge is 0.494 e. The highest BCUT2D eigenvalue weighted by molar-refractivity contribution is 5.88. The van der Waals surface area contributed by atoms with Crippen LogP contribution < -0.4 is 9.64 Å². The Kier molecular flexibility index (Phi) is 7.70. The van der Waals surface area contributed by atoms with E-state index < -0.39 is 23.8 Å². The molecule has 2 saturated heterocycles. The van der Waals surface area contributed by atoms with Crippen molar-refractivity contribution >= 4 is 17.6 Å².